The van der Waals surface area contributed by atoms with Crippen molar-refractivity contribution in [2.45, 2.75) is 25.4 Å². The SMILES string of the molecule is C[C@@H]1CN(C(=O)C[C@@H](N)c2ccccc2)CCN1. The monoisotopic (exact) mass is 247 g/mol. The molecule has 3 N–H and O–H groups in total. The minimum Gasteiger partial charge on any atom is -0.340 e. The van der Waals surface area contributed by atoms with Crippen LogP contribution in [0.4, 0.5) is 0 Å². The lowest BCUT2D eigenvalue weighted by Crippen LogP contribution is -2.51. The number of piperazine rings is 1. The summed E-state index contributed by atoms with van der Waals surface area (Å²) in [7, 11) is 0. The normalized spacial score (nSPS) is 21.7. The third-order valence-corrected chi connectivity index (χ3v) is 3.34. The summed E-state index contributed by atoms with van der Waals surface area (Å²) in [6.45, 7) is 4.52. The average molecular weight is 247 g/mol. The van der Waals surface area contributed by atoms with Gasteiger partial charge in [0.05, 0.1) is 0 Å². The molecule has 4 nitrogen and oxygen atoms in total. The van der Waals surface area contributed by atoms with Crippen LogP contribution in [-0.4, -0.2) is 36.5 Å². The molecule has 4 heteroatoms. The van der Waals surface area contributed by atoms with Crippen molar-refractivity contribution in [2.75, 3.05) is 19.6 Å². The fourth-order valence-corrected chi connectivity index (χ4v) is 2.29. The Bertz CT molecular complexity index is 393. The highest BCUT2D eigenvalue weighted by Gasteiger charge is 2.22. The highest BCUT2D eigenvalue weighted by molar-refractivity contribution is 5.77. The number of hydrogen-bond donors (Lipinski definition) is 2. The second kappa shape index (κ2) is 5.98. The number of carbonyl (C=O) groups excluding carboxylic acids is 1. The van der Waals surface area contributed by atoms with Gasteiger partial charge in [0.1, 0.15) is 0 Å². The van der Waals surface area contributed by atoms with Crippen LogP contribution in [0.15, 0.2) is 30.3 Å². The molecule has 2 atom stereocenters. The van der Waals surface area contributed by atoms with Crippen LogP contribution in [0.25, 0.3) is 0 Å². The molecule has 1 aliphatic rings. The van der Waals surface area contributed by atoms with Gasteiger partial charge in [-0.15, -0.1) is 0 Å². The van der Waals surface area contributed by atoms with Gasteiger partial charge in [-0.25, -0.2) is 0 Å². The van der Waals surface area contributed by atoms with E-state index >= 15 is 0 Å². The molecule has 0 aliphatic carbocycles. The van der Waals surface area contributed by atoms with Gasteiger partial charge < -0.3 is 16.0 Å². The molecule has 1 aromatic rings. The van der Waals surface area contributed by atoms with E-state index in [0.29, 0.717) is 12.5 Å². The first-order valence-corrected chi connectivity index (χ1v) is 6.48. The maximum absolute atomic E-state index is 12.1. The molecule has 1 amide bonds. The molecule has 98 valence electrons. The Balaban J connectivity index is 1.91. The summed E-state index contributed by atoms with van der Waals surface area (Å²) in [4.78, 5) is 14.1. The molecule has 0 radical (unpaired) electrons. The number of nitrogens with one attached hydrogen (secondary N) is 1. The Morgan fingerprint density at radius 2 is 2.22 bits per heavy atom. The Labute approximate surface area is 108 Å². The highest BCUT2D eigenvalue weighted by Crippen LogP contribution is 2.15. The minimum absolute atomic E-state index is 0.153. The molecule has 1 aliphatic heterocycles. The zero-order chi connectivity index (χ0) is 13.0. The maximum Gasteiger partial charge on any atom is 0.224 e. The molecule has 0 spiro atoms. The molecule has 0 bridgehead atoms. The Kier molecular flexibility index (Phi) is 4.33. The maximum atomic E-state index is 12.1. The molecule has 2 rings (SSSR count). The highest BCUT2D eigenvalue weighted by atomic mass is 16.2. The third kappa shape index (κ3) is 3.31. The van der Waals surface area contributed by atoms with E-state index in [1.807, 2.05) is 35.2 Å². The molecular weight excluding hydrogens is 226 g/mol. The van der Waals surface area contributed by atoms with Crippen molar-refractivity contribution in [3.63, 3.8) is 0 Å². The molecular formula is C14H21N3O. The van der Waals surface area contributed by atoms with Gasteiger partial charge in [-0.2, -0.15) is 0 Å². The van der Waals surface area contributed by atoms with E-state index in [4.69, 9.17) is 5.73 Å². The van der Waals surface area contributed by atoms with Crippen LogP contribution in [-0.2, 0) is 4.79 Å². The lowest BCUT2D eigenvalue weighted by Gasteiger charge is -2.32. The van der Waals surface area contributed by atoms with Gasteiger partial charge in [-0.1, -0.05) is 30.3 Å². The van der Waals surface area contributed by atoms with E-state index < -0.39 is 0 Å². The fraction of sp³-hybridized carbons (Fsp3) is 0.500. The number of amides is 1. The Morgan fingerprint density at radius 3 is 2.89 bits per heavy atom. The van der Waals surface area contributed by atoms with E-state index in [-0.39, 0.29) is 11.9 Å². The number of nitrogens with zero attached hydrogens (tertiary/aromatic N) is 1. The molecule has 0 saturated carbocycles. The summed E-state index contributed by atoms with van der Waals surface area (Å²) in [6.07, 6.45) is 0.386. The van der Waals surface area contributed by atoms with Gasteiger partial charge in [-0.3, -0.25) is 4.79 Å². The van der Waals surface area contributed by atoms with Crippen molar-refractivity contribution in [2.24, 2.45) is 5.73 Å². The van der Waals surface area contributed by atoms with E-state index in [2.05, 4.69) is 12.2 Å². The number of rotatable bonds is 3. The van der Waals surface area contributed by atoms with Crippen molar-refractivity contribution in [3.05, 3.63) is 35.9 Å². The van der Waals surface area contributed by atoms with Crippen LogP contribution in [0, 0.1) is 0 Å². The van der Waals surface area contributed by atoms with E-state index in [9.17, 15) is 4.79 Å². The summed E-state index contributed by atoms with van der Waals surface area (Å²) in [5.41, 5.74) is 7.10. The molecule has 1 aromatic carbocycles. The first-order chi connectivity index (χ1) is 8.66. The summed E-state index contributed by atoms with van der Waals surface area (Å²) in [6, 6.07) is 9.96. The minimum atomic E-state index is -0.205. The zero-order valence-electron chi connectivity index (χ0n) is 10.8. The molecule has 1 heterocycles. The summed E-state index contributed by atoms with van der Waals surface area (Å²) in [5.74, 6) is 0.153. The summed E-state index contributed by atoms with van der Waals surface area (Å²) >= 11 is 0. The molecule has 18 heavy (non-hydrogen) atoms. The topological polar surface area (TPSA) is 58.4 Å². The lowest BCUT2D eigenvalue weighted by molar-refractivity contribution is -0.132. The summed E-state index contributed by atoms with van der Waals surface area (Å²) < 4.78 is 0. The average Bonchev–Trinajstić information content (AvgIpc) is 2.39. The zero-order valence-corrected chi connectivity index (χ0v) is 10.8. The van der Waals surface area contributed by atoms with Crippen molar-refractivity contribution >= 4 is 5.91 Å². The van der Waals surface area contributed by atoms with Gasteiger partial charge in [-0.05, 0) is 12.5 Å². The molecule has 0 unspecified atom stereocenters. The summed E-state index contributed by atoms with van der Waals surface area (Å²) in [5, 5.41) is 3.33. The second-order valence-electron chi connectivity index (χ2n) is 4.92. The van der Waals surface area contributed by atoms with Gasteiger partial charge in [0, 0.05) is 38.1 Å². The van der Waals surface area contributed by atoms with Crippen LogP contribution < -0.4 is 11.1 Å². The molecule has 0 aromatic heterocycles. The van der Waals surface area contributed by atoms with Crippen molar-refractivity contribution in [1.82, 2.24) is 10.2 Å². The van der Waals surface area contributed by atoms with Crippen LogP contribution in [0.3, 0.4) is 0 Å². The van der Waals surface area contributed by atoms with E-state index in [1.54, 1.807) is 0 Å². The predicted molar refractivity (Wildman–Crippen MR) is 72.0 cm³/mol. The van der Waals surface area contributed by atoms with Crippen molar-refractivity contribution in [3.8, 4) is 0 Å². The first-order valence-electron chi connectivity index (χ1n) is 6.48. The van der Waals surface area contributed by atoms with Crippen molar-refractivity contribution < 1.29 is 4.79 Å². The number of nitrogens with two attached hydrogens (primary N) is 1. The van der Waals surface area contributed by atoms with Gasteiger partial charge in [0.25, 0.3) is 0 Å². The van der Waals surface area contributed by atoms with Crippen LogP contribution >= 0.6 is 0 Å². The smallest absolute Gasteiger partial charge is 0.224 e. The number of benzene rings is 1. The largest absolute Gasteiger partial charge is 0.340 e. The first kappa shape index (κ1) is 13.1. The Hall–Kier alpha value is -1.39. The van der Waals surface area contributed by atoms with Crippen LogP contribution in [0.1, 0.15) is 24.9 Å². The van der Waals surface area contributed by atoms with Crippen LogP contribution in [0.2, 0.25) is 0 Å². The standard InChI is InChI=1S/C14H21N3O/c1-11-10-17(8-7-16-11)14(18)9-13(15)12-5-3-2-4-6-12/h2-6,11,13,16H,7-10,15H2,1H3/t11-,13-/m1/s1. The second-order valence-corrected chi connectivity index (χ2v) is 4.92. The molecule has 1 saturated heterocycles. The van der Waals surface area contributed by atoms with E-state index in [0.717, 1.165) is 25.2 Å². The number of hydrogen-bond acceptors (Lipinski definition) is 3. The molecule has 1 fully saturated rings. The third-order valence-electron chi connectivity index (χ3n) is 3.34. The van der Waals surface area contributed by atoms with Crippen molar-refractivity contribution in [1.29, 1.82) is 0 Å². The van der Waals surface area contributed by atoms with Gasteiger partial charge in [0.2, 0.25) is 5.91 Å². The Morgan fingerprint density at radius 1 is 1.50 bits per heavy atom. The van der Waals surface area contributed by atoms with E-state index in [1.165, 1.54) is 0 Å². The van der Waals surface area contributed by atoms with Gasteiger partial charge >= 0.3 is 0 Å². The lowest BCUT2D eigenvalue weighted by atomic mass is 10.0. The van der Waals surface area contributed by atoms with Gasteiger partial charge in [0.15, 0.2) is 0 Å². The quantitative estimate of drug-likeness (QED) is 0.834. The number of carbonyl (C=O) groups is 1. The fourth-order valence-electron chi connectivity index (χ4n) is 2.29. The van der Waals surface area contributed by atoms with Crippen LogP contribution in [0.5, 0.6) is 0 Å². The predicted octanol–water partition coefficient (Wildman–Crippen LogP) is 0.897.